The van der Waals surface area contributed by atoms with Crippen LogP contribution in [0.4, 0.5) is 0 Å². The van der Waals surface area contributed by atoms with Gasteiger partial charge in [-0.25, -0.2) is 4.98 Å². The smallest absolute Gasteiger partial charge is 0.233 e. The van der Waals surface area contributed by atoms with Crippen LogP contribution in [-0.4, -0.2) is 26.3 Å². The molecule has 2 aromatic rings. The van der Waals surface area contributed by atoms with Crippen LogP contribution in [0.5, 0.6) is 0 Å². The van der Waals surface area contributed by atoms with Crippen LogP contribution < -0.4 is 5.32 Å². The third-order valence-corrected chi connectivity index (χ3v) is 4.06. The molecule has 106 valence electrons. The Balaban J connectivity index is 1.90. The maximum absolute atomic E-state index is 12.1. The first-order valence-electron chi connectivity index (χ1n) is 6.14. The number of aromatic amines is 1. The Morgan fingerprint density at radius 3 is 2.65 bits per heavy atom. The van der Waals surface area contributed by atoms with E-state index in [0.717, 1.165) is 4.90 Å². The van der Waals surface area contributed by atoms with Gasteiger partial charge in [-0.3, -0.25) is 9.89 Å². The lowest BCUT2D eigenvalue weighted by Crippen LogP contribution is -2.33. The number of nitrogens with zero attached hydrogens (tertiary/aromatic N) is 2. The normalized spacial score (nSPS) is 13.8. The molecule has 2 rings (SSSR count). The van der Waals surface area contributed by atoms with Gasteiger partial charge >= 0.3 is 0 Å². The average molecular weight is 311 g/mol. The highest BCUT2D eigenvalue weighted by Gasteiger charge is 2.18. The van der Waals surface area contributed by atoms with Crippen LogP contribution in [0.1, 0.15) is 25.7 Å². The molecule has 1 amide bonds. The molecule has 2 N–H and O–H groups in total. The zero-order valence-corrected chi connectivity index (χ0v) is 12.7. The average Bonchev–Trinajstić information content (AvgIpc) is 2.95. The Kier molecular flexibility index (Phi) is 5.03. The zero-order chi connectivity index (χ0) is 14.5. The van der Waals surface area contributed by atoms with Crippen LogP contribution in [-0.2, 0) is 4.79 Å². The van der Waals surface area contributed by atoms with Crippen molar-refractivity contribution in [3.8, 4) is 0 Å². The Morgan fingerprint density at radius 1 is 1.35 bits per heavy atom. The number of amides is 1. The molecule has 20 heavy (non-hydrogen) atoms. The molecule has 1 aromatic heterocycles. The summed E-state index contributed by atoms with van der Waals surface area (Å²) in [5.74, 6) is 0.593. The fourth-order valence-electron chi connectivity index (χ4n) is 1.59. The van der Waals surface area contributed by atoms with Gasteiger partial charge in [0.2, 0.25) is 5.91 Å². The summed E-state index contributed by atoms with van der Waals surface area (Å²) in [6.45, 7) is 3.72. The van der Waals surface area contributed by atoms with Crippen molar-refractivity contribution in [3.05, 3.63) is 41.4 Å². The summed E-state index contributed by atoms with van der Waals surface area (Å²) in [6, 6.07) is 7.23. The van der Waals surface area contributed by atoms with E-state index in [-0.39, 0.29) is 17.2 Å². The molecule has 1 aromatic carbocycles. The third kappa shape index (κ3) is 3.98. The fourth-order valence-corrected chi connectivity index (χ4v) is 2.60. The quantitative estimate of drug-likeness (QED) is 0.833. The van der Waals surface area contributed by atoms with Gasteiger partial charge in [-0.2, -0.15) is 5.10 Å². The van der Waals surface area contributed by atoms with Gasteiger partial charge in [0.15, 0.2) is 0 Å². The lowest BCUT2D eigenvalue weighted by molar-refractivity contribution is -0.121. The van der Waals surface area contributed by atoms with Crippen LogP contribution in [0.3, 0.4) is 0 Å². The minimum Gasteiger partial charge on any atom is -0.345 e. The highest BCUT2D eigenvalue weighted by molar-refractivity contribution is 8.00. The van der Waals surface area contributed by atoms with Crippen molar-refractivity contribution < 1.29 is 4.79 Å². The highest BCUT2D eigenvalue weighted by Crippen LogP contribution is 2.25. The Morgan fingerprint density at radius 2 is 2.05 bits per heavy atom. The van der Waals surface area contributed by atoms with E-state index >= 15 is 0 Å². The van der Waals surface area contributed by atoms with E-state index in [1.54, 1.807) is 0 Å². The van der Waals surface area contributed by atoms with E-state index < -0.39 is 0 Å². The van der Waals surface area contributed by atoms with Crippen molar-refractivity contribution in [1.82, 2.24) is 20.5 Å². The number of carbonyl (C=O) groups is 1. The van der Waals surface area contributed by atoms with E-state index in [1.807, 2.05) is 38.1 Å². The van der Waals surface area contributed by atoms with Crippen LogP contribution >= 0.6 is 23.4 Å². The molecule has 7 heteroatoms. The van der Waals surface area contributed by atoms with Gasteiger partial charge in [0.25, 0.3) is 0 Å². The van der Waals surface area contributed by atoms with Gasteiger partial charge < -0.3 is 5.32 Å². The standard InChI is InChI=1S/C13H15ClN4OS/c1-8(12-15-7-16-18-12)17-13(19)9(2)20-11-5-3-10(14)4-6-11/h3-9H,1-2H3,(H,17,19)(H,15,16,18). The maximum Gasteiger partial charge on any atom is 0.233 e. The van der Waals surface area contributed by atoms with Crippen molar-refractivity contribution in [3.63, 3.8) is 0 Å². The molecule has 0 fully saturated rings. The first kappa shape index (κ1) is 14.9. The van der Waals surface area contributed by atoms with Crippen molar-refractivity contribution in [2.24, 2.45) is 0 Å². The summed E-state index contributed by atoms with van der Waals surface area (Å²) >= 11 is 7.31. The molecular weight excluding hydrogens is 296 g/mol. The topological polar surface area (TPSA) is 70.7 Å². The Labute approximate surface area is 126 Å². The first-order chi connectivity index (χ1) is 9.56. The predicted molar refractivity (Wildman–Crippen MR) is 79.7 cm³/mol. The molecule has 0 radical (unpaired) electrons. The van der Waals surface area contributed by atoms with E-state index in [2.05, 4.69) is 20.5 Å². The molecule has 0 saturated heterocycles. The monoisotopic (exact) mass is 310 g/mol. The molecule has 2 atom stereocenters. The number of H-pyrrole nitrogens is 1. The van der Waals surface area contributed by atoms with Crippen molar-refractivity contribution >= 4 is 29.3 Å². The molecule has 0 saturated carbocycles. The van der Waals surface area contributed by atoms with Gasteiger partial charge in [-0.15, -0.1) is 11.8 Å². The SMILES string of the molecule is CC(Sc1ccc(Cl)cc1)C(=O)NC(C)c1ncn[nH]1. The minimum absolute atomic E-state index is 0.0474. The van der Waals surface area contributed by atoms with E-state index in [0.29, 0.717) is 10.8 Å². The minimum atomic E-state index is -0.207. The lowest BCUT2D eigenvalue weighted by atomic mass is 10.3. The summed E-state index contributed by atoms with van der Waals surface area (Å²) in [7, 11) is 0. The van der Waals surface area contributed by atoms with E-state index in [4.69, 9.17) is 11.6 Å². The van der Waals surface area contributed by atoms with Gasteiger partial charge in [0.05, 0.1) is 11.3 Å². The number of halogens is 1. The maximum atomic E-state index is 12.1. The number of rotatable bonds is 5. The lowest BCUT2D eigenvalue weighted by Gasteiger charge is -2.15. The summed E-state index contributed by atoms with van der Waals surface area (Å²) in [5.41, 5.74) is 0. The first-order valence-corrected chi connectivity index (χ1v) is 7.40. The summed E-state index contributed by atoms with van der Waals surface area (Å²) in [5, 5.41) is 9.88. The van der Waals surface area contributed by atoms with Crippen LogP contribution in [0, 0.1) is 0 Å². The molecule has 0 aliphatic rings. The fraction of sp³-hybridized carbons (Fsp3) is 0.308. The number of nitrogens with one attached hydrogen (secondary N) is 2. The molecule has 0 bridgehead atoms. The largest absolute Gasteiger partial charge is 0.345 e. The van der Waals surface area contributed by atoms with Gasteiger partial charge in [-0.1, -0.05) is 11.6 Å². The number of benzene rings is 1. The second kappa shape index (κ2) is 6.76. The number of aromatic nitrogens is 3. The number of thioether (sulfide) groups is 1. The van der Waals surface area contributed by atoms with Gasteiger partial charge in [0, 0.05) is 9.92 Å². The predicted octanol–water partition coefficient (Wildman–Crippen LogP) is 2.82. The molecule has 2 unspecified atom stereocenters. The zero-order valence-electron chi connectivity index (χ0n) is 11.1. The molecular formula is C13H15ClN4OS. The van der Waals surface area contributed by atoms with Crippen LogP contribution in [0.2, 0.25) is 5.02 Å². The van der Waals surface area contributed by atoms with Gasteiger partial charge in [-0.05, 0) is 38.1 Å². The summed E-state index contributed by atoms with van der Waals surface area (Å²) in [4.78, 5) is 17.1. The van der Waals surface area contributed by atoms with Crippen LogP contribution in [0.25, 0.3) is 0 Å². The molecule has 0 aliphatic carbocycles. The van der Waals surface area contributed by atoms with Crippen molar-refractivity contribution in [1.29, 1.82) is 0 Å². The molecule has 1 heterocycles. The molecule has 0 spiro atoms. The van der Waals surface area contributed by atoms with Crippen LogP contribution in [0.15, 0.2) is 35.5 Å². The number of carbonyl (C=O) groups excluding carboxylic acids is 1. The molecule has 0 aliphatic heterocycles. The Hall–Kier alpha value is -1.53. The number of hydrogen-bond donors (Lipinski definition) is 2. The summed E-state index contributed by atoms with van der Waals surface area (Å²) in [6.07, 6.45) is 1.42. The van der Waals surface area contributed by atoms with E-state index in [1.165, 1.54) is 18.1 Å². The Bertz CT molecular complexity index is 558. The number of hydrogen-bond acceptors (Lipinski definition) is 4. The van der Waals surface area contributed by atoms with Gasteiger partial charge in [0.1, 0.15) is 12.2 Å². The molecule has 5 nitrogen and oxygen atoms in total. The van der Waals surface area contributed by atoms with Crippen molar-refractivity contribution in [2.75, 3.05) is 0 Å². The van der Waals surface area contributed by atoms with E-state index in [9.17, 15) is 4.79 Å². The summed E-state index contributed by atoms with van der Waals surface area (Å²) < 4.78 is 0. The second-order valence-electron chi connectivity index (χ2n) is 4.31. The highest BCUT2D eigenvalue weighted by atomic mass is 35.5. The second-order valence-corrected chi connectivity index (χ2v) is 6.17. The van der Waals surface area contributed by atoms with Crippen molar-refractivity contribution in [2.45, 2.75) is 30.0 Å². The third-order valence-electron chi connectivity index (χ3n) is 2.70.